The van der Waals surface area contributed by atoms with Crippen LogP contribution in [0, 0.1) is 9.49 Å². The number of hydrogen-bond donors (Lipinski definition) is 1. The van der Waals surface area contributed by atoms with Crippen LogP contribution in [0.4, 0.5) is 0 Å². The van der Waals surface area contributed by atoms with E-state index in [1.807, 2.05) is 0 Å². The van der Waals surface area contributed by atoms with E-state index in [1.54, 1.807) is 0 Å². The van der Waals surface area contributed by atoms with Gasteiger partial charge in [-0.2, -0.15) is 0 Å². The summed E-state index contributed by atoms with van der Waals surface area (Å²) in [6.45, 7) is 3.37. The standard InChI is InChI=1S/C16H24IN/c1-2-11-18-16(12-13-5-3-4-6-13)14-7-9-15(17)10-8-14/h7-10,13,16,18H,2-6,11-12H2,1H3. The van der Waals surface area contributed by atoms with Gasteiger partial charge in [0.05, 0.1) is 0 Å². The molecule has 1 nitrogen and oxygen atoms in total. The SMILES string of the molecule is CCCNC(CC1CCCC1)c1ccc(I)cc1. The molecule has 0 amide bonds. The second-order valence-electron chi connectivity index (χ2n) is 5.44. The van der Waals surface area contributed by atoms with Crippen LogP contribution in [0.15, 0.2) is 24.3 Å². The second-order valence-corrected chi connectivity index (χ2v) is 6.69. The van der Waals surface area contributed by atoms with Gasteiger partial charge in [-0.3, -0.25) is 0 Å². The van der Waals surface area contributed by atoms with Crippen molar-refractivity contribution in [3.8, 4) is 0 Å². The molecule has 1 unspecified atom stereocenters. The number of nitrogens with one attached hydrogen (secondary N) is 1. The molecule has 1 aromatic carbocycles. The molecule has 0 aromatic heterocycles. The van der Waals surface area contributed by atoms with Crippen molar-refractivity contribution in [1.29, 1.82) is 0 Å². The fourth-order valence-corrected chi connectivity index (χ4v) is 3.29. The molecule has 0 bridgehead atoms. The maximum atomic E-state index is 3.73. The molecule has 0 spiro atoms. The highest BCUT2D eigenvalue weighted by Crippen LogP contribution is 2.33. The van der Waals surface area contributed by atoms with E-state index in [0.29, 0.717) is 6.04 Å². The van der Waals surface area contributed by atoms with Gasteiger partial charge in [0.2, 0.25) is 0 Å². The maximum absolute atomic E-state index is 3.73. The van der Waals surface area contributed by atoms with E-state index in [4.69, 9.17) is 0 Å². The van der Waals surface area contributed by atoms with Crippen molar-refractivity contribution in [2.75, 3.05) is 6.54 Å². The van der Waals surface area contributed by atoms with Gasteiger partial charge in [-0.05, 0) is 65.6 Å². The Morgan fingerprint density at radius 1 is 1.22 bits per heavy atom. The summed E-state index contributed by atoms with van der Waals surface area (Å²) in [5.74, 6) is 0.943. The molecule has 2 heteroatoms. The van der Waals surface area contributed by atoms with Gasteiger partial charge < -0.3 is 5.32 Å². The Labute approximate surface area is 125 Å². The van der Waals surface area contributed by atoms with E-state index in [9.17, 15) is 0 Å². The van der Waals surface area contributed by atoms with Crippen LogP contribution in [0.5, 0.6) is 0 Å². The van der Waals surface area contributed by atoms with Gasteiger partial charge in [-0.1, -0.05) is 44.7 Å². The molecule has 1 aliphatic rings. The van der Waals surface area contributed by atoms with Crippen molar-refractivity contribution in [2.24, 2.45) is 5.92 Å². The molecule has 0 heterocycles. The van der Waals surface area contributed by atoms with Crippen LogP contribution in [0.1, 0.15) is 57.1 Å². The lowest BCUT2D eigenvalue weighted by molar-refractivity contribution is 0.395. The fraction of sp³-hybridized carbons (Fsp3) is 0.625. The summed E-state index contributed by atoms with van der Waals surface area (Å²) in [5, 5.41) is 3.73. The fourth-order valence-electron chi connectivity index (χ4n) is 2.93. The first kappa shape index (κ1) is 14.3. The topological polar surface area (TPSA) is 12.0 Å². The maximum Gasteiger partial charge on any atom is 0.0322 e. The van der Waals surface area contributed by atoms with Crippen LogP contribution in [0.25, 0.3) is 0 Å². The Morgan fingerprint density at radius 3 is 2.50 bits per heavy atom. The second kappa shape index (κ2) is 7.49. The number of rotatable bonds is 6. The van der Waals surface area contributed by atoms with Crippen LogP contribution >= 0.6 is 22.6 Å². The van der Waals surface area contributed by atoms with E-state index in [2.05, 4.69) is 59.1 Å². The lowest BCUT2D eigenvalue weighted by atomic mass is 9.93. The minimum absolute atomic E-state index is 0.560. The van der Waals surface area contributed by atoms with Crippen molar-refractivity contribution in [1.82, 2.24) is 5.32 Å². The molecular weight excluding hydrogens is 333 g/mol. The summed E-state index contributed by atoms with van der Waals surface area (Å²) in [5.41, 5.74) is 1.47. The number of hydrogen-bond acceptors (Lipinski definition) is 1. The number of benzene rings is 1. The lowest BCUT2D eigenvalue weighted by Gasteiger charge is -2.22. The van der Waals surface area contributed by atoms with E-state index in [-0.39, 0.29) is 0 Å². The van der Waals surface area contributed by atoms with Gasteiger partial charge in [0.25, 0.3) is 0 Å². The average molecular weight is 357 g/mol. The molecule has 1 atom stereocenters. The third-order valence-electron chi connectivity index (χ3n) is 3.96. The minimum atomic E-state index is 0.560. The molecule has 1 N–H and O–H groups in total. The Morgan fingerprint density at radius 2 is 1.89 bits per heavy atom. The van der Waals surface area contributed by atoms with E-state index in [0.717, 1.165) is 12.5 Å². The molecule has 1 saturated carbocycles. The quantitative estimate of drug-likeness (QED) is 0.713. The molecule has 0 aliphatic heterocycles. The van der Waals surface area contributed by atoms with Crippen LogP contribution in [0.2, 0.25) is 0 Å². The summed E-state index contributed by atoms with van der Waals surface area (Å²) >= 11 is 2.38. The minimum Gasteiger partial charge on any atom is -0.310 e. The molecule has 2 rings (SSSR count). The Bertz CT molecular complexity index is 341. The average Bonchev–Trinajstić information content (AvgIpc) is 2.88. The first-order chi connectivity index (χ1) is 8.79. The van der Waals surface area contributed by atoms with E-state index in [1.165, 1.54) is 47.7 Å². The van der Waals surface area contributed by atoms with Gasteiger partial charge >= 0.3 is 0 Å². The predicted molar refractivity (Wildman–Crippen MR) is 86.8 cm³/mol. The Balaban J connectivity index is 2.00. The molecular formula is C16H24IN. The first-order valence-electron chi connectivity index (χ1n) is 7.28. The van der Waals surface area contributed by atoms with Gasteiger partial charge in [-0.15, -0.1) is 0 Å². The molecule has 100 valence electrons. The molecule has 18 heavy (non-hydrogen) atoms. The smallest absolute Gasteiger partial charge is 0.0322 e. The Kier molecular flexibility index (Phi) is 5.96. The van der Waals surface area contributed by atoms with Crippen molar-refractivity contribution in [2.45, 2.75) is 51.5 Å². The summed E-state index contributed by atoms with van der Waals surface area (Å²) in [6.07, 6.45) is 8.30. The summed E-state index contributed by atoms with van der Waals surface area (Å²) < 4.78 is 1.33. The highest BCUT2D eigenvalue weighted by atomic mass is 127. The van der Waals surface area contributed by atoms with Crippen LogP contribution in [-0.4, -0.2) is 6.54 Å². The van der Waals surface area contributed by atoms with Gasteiger partial charge in [0.15, 0.2) is 0 Å². The van der Waals surface area contributed by atoms with E-state index < -0.39 is 0 Å². The van der Waals surface area contributed by atoms with Gasteiger partial charge in [0.1, 0.15) is 0 Å². The predicted octanol–water partition coefficient (Wildman–Crippen LogP) is 4.91. The molecule has 1 aromatic rings. The molecule has 0 saturated heterocycles. The molecule has 1 aliphatic carbocycles. The van der Waals surface area contributed by atoms with Gasteiger partial charge in [0, 0.05) is 9.61 Å². The number of halogens is 1. The van der Waals surface area contributed by atoms with Crippen molar-refractivity contribution in [3.63, 3.8) is 0 Å². The third-order valence-corrected chi connectivity index (χ3v) is 4.68. The molecule has 0 radical (unpaired) electrons. The summed E-state index contributed by atoms with van der Waals surface area (Å²) in [4.78, 5) is 0. The first-order valence-corrected chi connectivity index (χ1v) is 8.36. The van der Waals surface area contributed by atoms with Crippen LogP contribution in [-0.2, 0) is 0 Å². The van der Waals surface area contributed by atoms with Crippen LogP contribution < -0.4 is 5.32 Å². The lowest BCUT2D eigenvalue weighted by Crippen LogP contribution is -2.24. The zero-order chi connectivity index (χ0) is 12.8. The van der Waals surface area contributed by atoms with Crippen molar-refractivity contribution < 1.29 is 0 Å². The Hall–Kier alpha value is -0.0900. The largest absolute Gasteiger partial charge is 0.310 e. The monoisotopic (exact) mass is 357 g/mol. The zero-order valence-corrected chi connectivity index (χ0v) is 13.4. The van der Waals surface area contributed by atoms with Crippen molar-refractivity contribution >= 4 is 22.6 Å². The molecule has 1 fully saturated rings. The van der Waals surface area contributed by atoms with Crippen LogP contribution in [0.3, 0.4) is 0 Å². The highest BCUT2D eigenvalue weighted by Gasteiger charge is 2.20. The van der Waals surface area contributed by atoms with Gasteiger partial charge in [-0.25, -0.2) is 0 Å². The zero-order valence-electron chi connectivity index (χ0n) is 11.3. The summed E-state index contributed by atoms with van der Waals surface area (Å²) in [6, 6.07) is 9.61. The third kappa shape index (κ3) is 4.23. The van der Waals surface area contributed by atoms with E-state index >= 15 is 0 Å². The van der Waals surface area contributed by atoms with Crippen molar-refractivity contribution in [3.05, 3.63) is 33.4 Å². The summed E-state index contributed by atoms with van der Waals surface area (Å²) in [7, 11) is 0. The highest BCUT2D eigenvalue weighted by molar-refractivity contribution is 14.1. The normalized spacial score (nSPS) is 18.1.